The molecule has 144 valence electrons. The summed E-state index contributed by atoms with van der Waals surface area (Å²) in [6.45, 7) is 6.10. The number of carbonyl (C=O) groups is 2. The van der Waals surface area contributed by atoms with Crippen molar-refractivity contribution in [2.45, 2.75) is 90.2 Å². The molecule has 0 unspecified atom stereocenters. The van der Waals surface area contributed by atoms with Crippen molar-refractivity contribution in [2.24, 2.45) is 11.8 Å². The molecule has 0 aromatic heterocycles. The fourth-order valence-corrected chi connectivity index (χ4v) is 4.15. The van der Waals surface area contributed by atoms with Crippen LogP contribution in [0.4, 0.5) is 4.79 Å². The topological polar surface area (TPSA) is 55.8 Å². The maximum Gasteiger partial charge on any atom is 0.411 e. The van der Waals surface area contributed by atoms with Crippen LogP contribution in [-0.2, 0) is 14.3 Å². The fraction of sp³-hybridized carbons (Fsp3) is 0.900. The minimum atomic E-state index is -0.560. The van der Waals surface area contributed by atoms with Gasteiger partial charge in [0, 0.05) is 6.54 Å². The number of hydrogen-bond acceptors (Lipinski definition) is 4. The van der Waals surface area contributed by atoms with Crippen LogP contribution in [0.2, 0.25) is 0 Å². The van der Waals surface area contributed by atoms with Gasteiger partial charge >= 0.3 is 12.1 Å². The van der Waals surface area contributed by atoms with Gasteiger partial charge in [-0.3, -0.25) is 4.90 Å². The third-order valence-electron chi connectivity index (χ3n) is 5.52. The number of piperidine rings is 1. The lowest BCUT2D eigenvalue weighted by molar-refractivity contribution is -0.149. The number of methoxy groups -OCH3 is 1. The molecule has 1 aliphatic carbocycles. The Morgan fingerprint density at radius 2 is 1.64 bits per heavy atom. The van der Waals surface area contributed by atoms with E-state index in [-0.39, 0.29) is 5.97 Å². The number of carbonyl (C=O) groups excluding carboxylic acids is 2. The zero-order chi connectivity index (χ0) is 18.4. The number of rotatable bonds is 4. The summed E-state index contributed by atoms with van der Waals surface area (Å²) in [6, 6.07) is -0.509. The molecule has 1 amide bonds. The molecule has 0 aromatic rings. The molecule has 0 aromatic carbocycles. The number of ether oxygens (including phenoxy) is 2. The van der Waals surface area contributed by atoms with Crippen LogP contribution >= 0.6 is 0 Å². The van der Waals surface area contributed by atoms with Gasteiger partial charge in [0.15, 0.2) is 0 Å². The highest BCUT2D eigenvalue weighted by Crippen LogP contribution is 2.33. The first-order valence-corrected chi connectivity index (χ1v) is 9.87. The molecule has 2 aliphatic rings. The second kappa shape index (κ2) is 8.91. The van der Waals surface area contributed by atoms with Crippen LogP contribution in [0.25, 0.3) is 0 Å². The van der Waals surface area contributed by atoms with Gasteiger partial charge < -0.3 is 9.47 Å². The largest absolute Gasteiger partial charge is 0.467 e. The quantitative estimate of drug-likeness (QED) is 0.697. The Kier molecular flexibility index (Phi) is 7.14. The van der Waals surface area contributed by atoms with Crippen molar-refractivity contribution in [2.75, 3.05) is 13.7 Å². The third-order valence-corrected chi connectivity index (χ3v) is 5.52. The van der Waals surface area contributed by atoms with Gasteiger partial charge in [-0.05, 0) is 45.4 Å². The second-order valence-electron chi connectivity index (χ2n) is 8.68. The van der Waals surface area contributed by atoms with Gasteiger partial charge in [-0.2, -0.15) is 0 Å². The molecule has 2 fully saturated rings. The number of amides is 1. The summed E-state index contributed by atoms with van der Waals surface area (Å²) in [5.41, 5.74) is -0.560. The van der Waals surface area contributed by atoms with Crippen molar-refractivity contribution in [1.82, 2.24) is 4.90 Å². The maximum absolute atomic E-state index is 12.5. The molecule has 0 spiro atoms. The Bertz CT molecular complexity index is 451. The number of nitrogens with zero attached hydrogens (tertiary/aromatic N) is 1. The molecule has 0 radical (unpaired) electrons. The Hall–Kier alpha value is -1.26. The van der Waals surface area contributed by atoms with Gasteiger partial charge in [-0.1, -0.05) is 44.9 Å². The van der Waals surface area contributed by atoms with Crippen molar-refractivity contribution in [3.05, 3.63) is 0 Å². The monoisotopic (exact) mass is 353 g/mol. The first kappa shape index (κ1) is 20.1. The molecule has 5 nitrogen and oxygen atoms in total. The van der Waals surface area contributed by atoms with Gasteiger partial charge in [0.1, 0.15) is 11.6 Å². The summed E-state index contributed by atoms with van der Waals surface area (Å²) in [7, 11) is 1.39. The summed E-state index contributed by atoms with van der Waals surface area (Å²) in [5.74, 6) is 1.02. The molecular formula is C20H35NO4. The molecule has 2 atom stereocenters. The molecule has 1 heterocycles. The van der Waals surface area contributed by atoms with E-state index in [9.17, 15) is 9.59 Å². The summed E-state index contributed by atoms with van der Waals surface area (Å²) < 4.78 is 10.4. The van der Waals surface area contributed by atoms with Crippen LogP contribution in [-0.4, -0.2) is 42.3 Å². The highest BCUT2D eigenvalue weighted by molar-refractivity contribution is 5.81. The van der Waals surface area contributed by atoms with Crippen molar-refractivity contribution < 1.29 is 19.1 Å². The fourth-order valence-electron chi connectivity index (χ4n) is 4.15. The van der Waals surface area contributed by atoms with E-state index in [2.05, 4.69) is 0 Å². The summed E-state index contributed by atoms with van der Waals surface area (Å²) in [5, 5.41) is 0. The maximum atomic E-state index is 12.5. The summed E-state index contributed by atoms with van der Waals surface area (Å²) >= 11 is 0. The van der Waals surface area contributed by atoms with Crippen LogP contribution < -0.4 is 0 Å². The van der Waals surface area contributed by atoms with E-state index in [0.29, 0.717) is 18.9 Å². The van der Waals surface area contributed by atoms with Crippen molar-refractivity contribution >= 4 is 12.1 Å². The van der Waals surface area contributed by atoms with Crippen molar-refractivity contribution in [3.8, 4) is 0 Å². The Balaban J connectivity index is 1.92. The zero-order valence-electron chi connectivity index (χ0n) is 16.4. The lowest BCUT2D eigenvalue weighted by Crippen LogP contribution is -2.52. The van der Waals surface area contributed by atoms with Crippen LogP contribution in [0.1, 0.15) is 78.6 Å². The van der Waals surface area contributed by atoms with E-state index >= 15 is 0 Å². The van der Waals surface area contributed by atoms with Gasteiger partial charge in [-0.15, -0.1) is 0 Å². The molecule has 5 heteroatoms. The standard InChI is InChI=1S/C20H35NO4/c1-20(2,3)25-19(23)21-13-12-16(14-17(21)18(22)24-4)11-10-15-8-6-5-7-9-15/h15-17H,5-14H2,1-4H3/t16-,17+/m1/s1. The van der Waals surface area contributed by atoms with Crippen molar-refractivity contribution in [1.29, 1.82) is 0 Å². The number of likely N-dealkylation sites (tertiary alicyclic amines) is 1. The average Bonchev–Trinajstić information content (AvgIpc) is 2.58. The van der Waals surface area contributed by atoms with Gasteiger partial charge in [0.25, 0.3) is 0 Å². The van der Waals surface area contributed by atoms with Crippen LogP contribution in [0.5, 0.6) is 0 Å². The van der Waals surface area contributed by atoms with Crippen LogP contribution in [0.15, 0.2) is 0 Å². The molecule has 1 aliphatic heterocycles. The Morgan fingerprint density at radius 1 is 1.00 bits per heavy atom. The second-order valence-corrected chi connectivity index (χ2v) is 8.68. The van der Waals surface area contributed by atoms with E-state index in [1.165, 1.54) is 45.6 Å². The first-order valence-electron chi connectivity index (χ1n) is 9.87. The van der Waals surface area contributed by atoms with Crippen LogP contribution in [0, 0.1) is 11.8 Å². The Morgan fingerprint density at radius 3 is 2.24 bits per heavy atom. The lowest BCUT2D eigenvalue weighted by atomic mass is 9.81. The number of esters is 1. The van der Waals surface area contributed by atoms with Gasteiger partial charge in [0.05, 0.1) is 7.11 Å². The molecule has 1 saturated carbocycles. The predicted octanol–water partition coefficient (Wildman–Crippen LogP) is 4.54. The van der Waals surface area contributed by atoms with Crippen LogP contribution in [0.3, 0.4) is 0 Å². The minimum Gasteiger partial charge on any atom is -0.467 e. The SMILES string of the molecule is COC(=O)[C@@H]1C[C@H](CCC2CCCCC2)CCN1C(=O)OC(C)(C)C. The molecular weight excluding hydrogens is 318 g/mol. The molecule has 0 bridgehead atoms. The zero-order valence-corrected chi connectivity index (χ0v) is 16.4. The van der Waals surface area contributed by atoms with Gasteiger partial charge in [0.2, 0.25) is 0 Å². The van der Waals surface area contributed by atoms with E-state index in [4.69, 9.17) is 9.47 Å². The van der Waals surface area contributed by atoms with Crippen molar-refractivity contribution in [3.63, 3.8) is 0 Å². The third kappa shape index (κ3) is 6.19. The number of hydrogen-bond donors (Lipinski definition) is 0. The molecule has 2 rings (SSSR count). The lowest BCUT2D eigenvalue weighted by Gasteiger charge is -2.38. The molecule has 1 saturated heterocycles. The van der Waals surface area contributed by atoms with E-state index < -0.39 is 17.7 Å². The summed E-state index contributed by atoms with van der Waals surface area (Å²) in [4.78, 5) is 26.2. The smallest absolute Gasteiger partial charge is 0.411 e. The highest BCUT2D eigenvalue weighted by Gasteiger charge is 2.38. The normalized spacial score (nSPS) is 25.5. The predicted molar refractivity (Wildman–Crippen MR) is 97.3 cm³/mol. The van der Waals surface area contributed by atoms with E-state index in [0.717, 1.165) is 18.8 Å². The highest BCUT2D eigenvalue weighted by atomic mass is 16.6. The molecule has 25 heavy (non-hydrogen) atoms. The Labute approximate surface area is 152 Å². The molecule has 0 N–H and O–H groups in total. The average molecular weight is 354 g/mol. The van der Waals surface area contributed by atoms with E-state index in [1.807, 2.05) is 20.8 Å². The van der Waals surface area contributed by atoms with E-state index in [1.54, 1.807) is 4.90 Å². The first-order chi connectivity index (χ1) is 11.8. The summed E-state index contributed by atoms with van der Waals surface area (Å²) in [6.07, 6.45) is 10.5. The minimum absolute atomic E-state index is 0.326. The van der Waals surface area contributed by atoms with Gasteiger partial charge in [-0.25, -0.2) is 9.59 Å².